The monoisotopic (exact) mass is 340 g/mol. The molecular formula is C9H4F3IN2O. The van der Waals surface area contributed by atoms with Crippen LogP contribution in [0.25, 0.3) is 0 Å². The number of rotatable bonds is 0. The van der Waals surface area contributed by atoms with Crippen LogP contribution >= 0.6 is 22.6 Å². The molecule has 1 rings (SSSR count). The molecule has 3 nitrogen and oxygen atoms in total. The van der Waals surface area contributed by atoms with E-state index in [2.05, 4.69) is 5.32 Å². The summed E-state index contributed by atoms with van der Waals surface area (Å²) < 4.78 is 38.0. The molecule has 0 aromatic carbocycles. The number of nitrogens with zero attached hydrogens (tertiary/aromatic N) is 1. The zero-order chi connectivity index (χ0) is 12.5. The Kier molecular flexibility index (Phi) is 3.45. The van der Waals surface area contributed by atoms with E-state index in [-0.39, 0.29) is 9.28 Å². The van der Waals surface area contributed by atoms with Gasteiger partial charge in [-0.15, -0.1) is 0 Å². The van der Waals surface area contributed by atoms with Gasteiger partial charge in [0.05, 0.1) is 5.57 Å². The van der Waals surface area contributed by atoms with Crippen molar-refractivity contribution >= 4 is 28.5 Å². The van der Waals surface area contributed by atoms with Crippen LogP contribution in [0.2, 0.25) is 0 Å². The lowest BCUT2D eigenvalue weighted by atomic mass is 10.0. The first kappa shape index (κ1) is 12.8. The summed E-state index contributed by atoms with van der Waals surface area (Å²) in [6, 6.07) is 1.37. The normalized spacial score (nSPS) is 16.9. The standard InChI is InChI=1S/C9H4F3IN2O/c1-4-8(13)7(9(10,11)12)5(2-14)6(3-16)15-4/h15H,1H3. The third kappa shape index (κ3) is 2.13. The Morgan fingerprint density at radius 3 is 2.38 bits per heavy atom. The lowest BCUT2D eigenvalue weighted by Crippen LogP contribution is -2.26. The van der Waals surface area contributed by atoms with E-state index < -0.39 is 23.0 Å². The predicted molar refractivity (Wildman–Crippen MR) is 57.8 cm³/mol. The van der Waals surface area contributed by atoms with Crippen molar-refractivity contribution in [3.63, 3.8) is 0 Å². The minimum Gasteiger partial charge on any atom is -0.348 e. The lowest BCUT2D eigenvalue weighted by Gasteiger charge is -2.22. The number of alkyl halides is 3. The first-order valence-electron chi connectivity index (χ1n) is 3.93. The van der Waals surface area contributed by atoms with Crippen molar-refractivity contribution in [3.05, 3.63) is 26.1 Å². The van der Waals surface area contributed by atoms with Crippen LogP contribution < -0.4 is 5.32 Å². The zero-order valence-electron chi connectivity index (χ0n) is 7.87. The fraction of sp³-hybridized carbons (Fsp3) is 0.222. The predicted octanol–water partition coefficient (Wildman–Crippen LogP) is 2.35. The average Bonchev–Trinajstić information content (AvgIpc) is 2.19. The Balaban J connectivity index is 3.62. The Hall–Kier alpha value is -1.26. The third-order valence-corrected chi connectivity index (χ3v) is 3.21. The van der Waals surface area contributed by atoms with Gasteiger partial charge in [-0.25, -0.2) is 4.79 Å². The molecule has 0 aromatic rings. The van der Waals surface area contributed by atoms with Gasteiger partial charge < -0.3 is 5.32 Å². The van der Waals surface area contributed by atoms with Gasteiger partial charge in [0.15, 0.2) is 5.94 Å². The quantitative estimate of drug-likeness (QED) is 0.544. The van der Waals surface area contributed by atoms with Gasteiger partial charge in [-0.05, 0) is 29.5 Å². The zero-order valence-corrected chi connectivity index (χ0v) is 10.0. The molecule has 0 unspecified atom stereocenters. The number of allylic oxidation sites excluding steroid dienone is 4. The molecule has 0 radical (unpaired) electrons. The highest BCUT2D eigenvalue weighted by molar-refractivity contribution is 14.1. The van der Waals surface area contributed by atoms with Gasteiger partial charge in [0.1, 0.15) is 17.3 Å². The second-order valence-electron chi connectivity index (χ2n) is 2.90. The van der Waals surface area contributed by atoms with Crippen LogP contribution in [0, 0.1) is 11.3 Å². The summed E-state index contributed by atoms with van der Waals surface area (Å²) in [5.41, 5.74) is -2.12. The van der Waals surface area contributed by atoms with Crippen LogP contribution in [-0.4, -0.2) is 12.1 Å². The molecule has 0 bridgehead atoms. The first-order valence-corrected chi connectivity index (χ1v) is 5.01. The lowest BCUT2D eigenvalue weighted by molar-refractivity contribution is -0.0891. The maximum Gasteiger partial charge on any atom is 0.418 e. The molecule has 7 heteroatoms. The highest BCUT2D eigenvalue weighted by atomic mass is 127. The smallest absolute Gasteiger partial charge is 0.348 e. The van der Waals surface area contributed by atoms with Crippen molar-refractivity contribution < 1.29 is 18.0 Å². The number of nitrogens with one attached hydrogen (secondary N) is 1. The van der Waals surface area contributed by atoms with Gasteiger partial charge >= 0.3 is 6.18 Å². The SMILES string of the molecule is CC1=C(I)C(C(F)(F)F)=C(C#N)C(=C=O)N1. The Morgan fingerprint density at radius 1 is 1.44 bits per heavy atom. The van der Waals surface area contributed by atoms with Crippen LogP contribution in [0.15, 0.2) is 26.1 Å². The number of nitriles is 1. The van der Waals surface area contributed by atoms with E-state index in [0.717, 1.165) is 0 Å². The summed E-state index contributed by atoms with van der Waals surface area (Å²) in [6.45, 7) is 1.39. The topological polar surface area (TPSA) is 52.9 Å². The van der Waals surface area contributed by atoms with Gasteiger partial charge in [-0.1, -0.05) is 0 Å². The van der Waals surface area contributed by atoms with Crippen LogP contribution in [0.3, 0.4) is 0 Å². The van der Waals surface area contributed by atoms with Crippen LogP contribution in [0.1, 0.15) is 6.92 Å². The molecule has 0 fully saturated rings. The van der Waals surface area contributed by atoms with E-state index in [9.17, 15) is 18.0 Å². The fourth-order valence-electron chi connectivity index (χ4n) is 1.18. The highest BCUT2D eigenvalue weighted by Gasteiger charge is 2.42. The maximum atomic E-state index is 12.7. The molecule has 0 atom stereocenters. The molecule has 0 aliphatic carbocycles. The molecule has 0 aromatic heterocycles. The molecule has 1 heterocycles. The van der Waals surface area contributed by atoms with E-state index in [1.807, 2.05) is 0 Å². The molecule has 0 spiro atoms. The third-order valence-electron chi connectivity index (χ3n) is 1.86. The first-order chi connectivity index (χ1) is 7.32. The molecule has 84 valence electrons. The molecule has 0 saturated heterocycles. The van der Waals surface area contributed by atoms with Crippen molar-refractivity contribution in [2.45, 2.75) is 13.1 Å². The minimum atomic E-state index is -4.67. The number of hydrogen-bond acceptors (Lipinski definition) is 3. The van der Waals surface area contributed by atoms with Crippen LogP contribution in [0.5, 0.6) is 0 Å². The van der Waals surface area contributed by atoms with E-state index in [1.165, 1.54) is 41.5 Å². The summed E-state index contributed by atoms with van der Waals surface area (Å²) in [7, 11) is 0. The van der Waals surface area contributed by atoms with Gasteiger partial charge in [0, 0.05) is 9.28 Å². The number of dihydropyridines is 1. The van der Waals surface area contributed by atoms with Crippen molar-refractivity contribution in [1.82, 2.24) is 5.32 Å². The van der Waals surface area contributed by atoms with Crippen LogP contribution in [0.4, 0.5) is 13.2 Å². The van der Waals surface area contributed by atoms with Crippen molar-refractivity contribution in [2.75, 3.05) is 0 Å². The number of carbonyl (C=O) groups excluding carboxylic acids is 1. The largest absolute Gasteiger partial charge is 0.418 e. The fourth-order valence-corrected chi connectivity index (χ4v) is 1.89. The Bertz CT molecular complexity index is 490. The van der Waals surface area contributed by atoms with E-state index in [1.54, 1.807) is 0 Å². The number of hydrogen-bond donors (Lipinski definition) is 1. The Morgan fingerprint density at radius 2 is 2.00 bits per heavy atom. The molecule has 1 aliphatic heterocycles. The van der Waals surface area contributed by atoms with Gasteiger partial charge in [0.25, 0.3) is 0 Å². The van der Waals surface area contributed by atoms with Crippen molar-refractivity contribution in [2.24, 2.45) is 0 Å². The van der Waals surface area contributed by atoms with E-state index in [0.29, 0.717) is 0 Å². The maximum absolute atomic E-state index is 12.7. The summed E-state index contributed by atoms with van der Waals surface area (Å²) in [6.07, 6.45) is -4.67. The van der Waals surface area contributed by atoms with Crippen molar-refractivity contribution in [3.8, 4) is 6.07 Å². The minimum absolute atomic E-state index is 0.124. The molecular weight excluding hydrogens is 336 g/mol. The second-order valence-corrected chi connectivity index (χ2v) is 3.98. The molecule has 0 amide bonds. The summed E-state index contributed by atoms with van der Waals surface area (Å²) >= 11 is 1.48. The van der Waals surface area contributed by atoms with Crippen LogP contribution in [-0.2, 0) is 4.79 Å². The van der Waals surface area contributed by atoms with Gasteiger partial charge in [-0.2, -0.15) is 18.4 Å². The highest BCUT2D eigenvalue weighted by Crippen LogP contribution is 2.41. The molecule has 16 heavy (non-hydrogen) atoms. The summed E-state index contributed by atoms with van der Waals surface area (Å²) in [4.78, 5) is 10.5. The summed E-state index contributed by atoms with van der Waals surface area (Å²) in [5.74, 6) is 1.30. The van der Waals surface area contributed by atoms with E-state index >= 15 is 0 Å². The second kappa shape index (κ2) is 4.31. The summed E-state index contributed by atoms with van der Waals surface area (Å²) in [5, 5.41) is 11.1. The van der Waals surface area contributed by atoms with E-state index in [4.69, 9.17) is 5.26 Å². The molecule has 1 aliphatic rings. The van der Waals surface area contributed by atoms with Crippen molar-refractivity contribution in [1.29, 1.82) is 5.26 Å². The van der Waals surface area contributed by atoms with Gasteiger partial charge in [-0.3, -0.25) is 0 Å². The average molecular weight is 340 g/mol. The number of halogens is 4. The Labute approximate surface area is 102 Å². The molecule has 1 N–H and O–H groups in total. The molecule has 0 saturated carbocycles. The van der Waals surface area contributed by atoms with Gasteiger partial charge in [0.2, 0.25) is 0 Å².